The minimum absolute atomic E-state index is 0.192. The minimum Gasteiger partial charge on any atom is -0.219 e. The summed E-state index contributed by atoms with van der Waals surface area (Å²) in [5, 5.41) is 0.954. The zero-order valence-electron chi connectivity index (χ0n) is 20.6. The zero-order valence-corrected chi connectivity index (χ0v) is 25.3. The van der Waals surface area contributed by atoms with E-state index in [1.165, 1.54) is 47.8 Å². The third-order valence-corrected chi connectivity index (χ3v) is 11.9. The maximum Gasteiger partial charge on any atom is 0.206 e. The molecule has 202 valence electrons. The average Bonchev–Trinajstić information content (AvgIpc) is 2.94. The lowest BCUT2D eigenvalue weighted by molar-refractivity contribution is 0.594. The van der Waals surface area contributed by atoms with Gasteiger partial charge in [-0.25, -0.2) is 16.8 Å². The van der Waals surface area contributed by atoms with E-state index in [4.69, 9.17) is 23.2 Å². The molecule has 0 saturated carbocycles. The largest absolute Gasteiger partial charge is 0.219 e. The van der Waals surface area contributed by atoms with Gasteiger partial charge in [0, 0.05) is 29.6 Å². The van der Waals surface area contributed by atoms with Gasteiger partial charge in [-0.1, -0.05) is 52.8 Å². The Kier molecular flexibility index (Phi) is 8.66. The third-order valence-electron chi connectivity index (χ3n) is 5.79. The van der Waals surface area contributed by atoms with Crippen molar-refractivity contribution >= 4 is 66.4 Å². The van der Waals surface area contributed by atoms with Crippen molar-refractivity contribution in [1.82, 2.24) is 0 Å². The van der Waals surface area contributed by atoms with Crippen LogP contribution in [0.25, 0.3) is 0 Å². The SMILES string of the molecule is O=S(=O)(c1ccc(Cl)cc1)c1ccc(Sc2cccc(Sc3ccc(S(=O)(=O)c4ccc(Cl)cc4)cc3)c2)cc1. The Labute approximate surface area is 252 Å². The van der Waals surface area contributed by atoms with Gasteiger partial charge in [-0.2, -0.15) is 0 Å². The summed E-state index contributed by atoms with van der Waals surface area (Å²) in [6.45, 7) is 0. The van der Waals surface area contributed by atoms with Crippen LogP contribution in [0.4, 0.5) is 0 Å². The maximum atomic E-state index is 12.9. The molecule has 0 atom stereocenters. The molecule has 0 N–H and O–H groups in total. The molecule has 0 aliphatic carbocycles. The molecule has 0 saturated heterocycles. The van der Waals surface area contributed by atoms with E-state index in [2.05, 4.69) is 0 Å². The van der Waals surface area contributed by atoms with Crippen molar-refractivity contribution in [3.05, 3.63) is 131 Å². The highest BCUT2D eigenvalue weighted by Crippen LogP contribution is 2.35. The molecule has 40 heavy (non-hydrogen) atoms. The summed E-state index contributed by atoms with van der Waals surface area (Å²) in [7, 11) is -7.26. The van der Waals surface area contributed by atoms with E-state index in [1.807, 2.05) is 24.3 Å². The first-order valence-corrected chi connectivity index (χ1v) is 17.1. The summed E-state index contributed by atoms with van der Waals surface area (Å²) in [6, 6.07) is 33.7. The lowest BCUT2D eigenvalue weighted by Crippen LogP contribution is -2.01. The summed E-state index contributed by atoms with van der Waals surface area (Å²) in [4.78, 5) is 4.58. The third kappa shape index (κ3) is 6.60. The molecule has 5 aromatic rings. The molecule has 0 radical (unpaired) electrons. The van der Waals surface area contributed by atoms with Crippen LogP contribution >= 0.6 is 46.7 Å². The summed E-state index contributed by atoms with van der Waals surface area (Å²) in [5.74, 6) is 0. The predicted octanol–water partition coefficient (Wildman–Crippen LogP) is 8.96. The van der Waals surface area contributed by atoms with E-state index in [1.54, 1.807) is 72.8 Å². The molecule has 4 nitrogen and oxygen atoms in total. The zero-order chi connectivity index (χ0) is 28.3. The number of rotatable bonds is 8. The molecule has 0 amide bonds. The van der Waals surface area contributed by atoms with Crippen molar-refractivity contribution in [2.75, 3.05) is 0 Å². The van der Waals surface area contributed by atoms with Crippen LogP contribution in [0.2, 0.25) is 10.0 Å². The fourth-order valence-corrected chi connectivity index (χ4v) is 8.35. The van der Waals surface area contributed by atoms with Gasteiger partial charge in [-0.15, -0.1) is 0 Å². The van der Waals surface area contributed by atoms with Crippen LogP contribution in [-0.4, -0.2) is 16.8 Å². The lowest BCUT2D eigenvalue weighted by atomic mass is 10.3. The molecule has 0 spiro atoms. The highest BCUT2D eigenvalue weighted by atomic mass is 35.5. The average molecular weight is 644 g/mol. The Morgan fingerprint density at radius 2 is 0.700 bits per heavy atom. The van der Waals surface area contributed by atoms with Crippen molar-refractivity contribution in [1.29, 1.82) is 0 Å². The molecule has 0 aliphatic rings. The van der Waals surface area contributed by atoms with Gasteiger partial charge in [0.25, 0.3) is 0 Å². The first kappa shape index (κ1) is 28.8. The summed E-state index contributed by atoms with van der Waals surface area (Å²) in [6.07, 6.45) is 0. The number of hydrogen-bond acceptors (Lipinski definition) is 6. The number of benzene rings is 5. The van der Waals surface area contributed by atoms with Crippen LogP contribution < -0.4 is 0 Å². The van der Waals surface area contributed by atoms with Crippen molar-refractivity contribution in [2.24, 2.45) is 0 Å². The summed E-state index contributed by atoms with van der Waals surface area (Å²) < 4.78 is 51.6. The minimum atomic E-state index is -3.63. The Hall–Kier alpha value is -2.72. The Morgan fingerprint density at radius 1 is 0.400 bits per heavy atom. The van der Waals surface area contributed by atoms with Crippen LogP contribution in [0, 0.1) is 0 Å². The van der Waals surface area contributed by atoms with Gasteiger partial charge in [0.1, 0.15) is 0 Å². The first-order valence-electron chi connectivity index (χ1n) is 11.8. The van der Waals surface area contributed by atoms with Crippen molar-refractivity contribution in [2.45, 2.75) is 39.2 Å². The fraction of sp³-hybridized carbons (Fsp3) is 0. The topological polar surface area (TPSA) is 68.3 Å². The van der Waals surface area contributed by atoms with Crippen molar-refractivity contribution < 1.29 is 16.8 Å². The molecule has 5 rings (SSSR count). The monoisotopic (exact) mass is 642 g/mol. The van der Waals surface area contributed by atoms with Crippen LogP contribution in [0.1, 0.15) is 0 Å². The van der Waals surface area contributed by atoms with E-state index in [0.29, 0.717) is 10.0 Å². The van der Waals surface area contributed by atoms with E-state index < -0.39 is 19.7 Å². The Morgan fingerprint density at radius 3 is 1.02 bits per heavy atom. The second kappa shape index (κ2) is 12.0. The number of halogens is 2. The molecule has 0 aromatic heterocycles. The molecule has 0 aliphatic heterocycles. The second-order valence-electron chi connectivity index (χ2n) is 8.54. The molecule has 10 heteroatoms. The molecule has 0 fully saturated rings. The molecular weight excluding hydrogens is 624 g/mol. The highest BCUT2D eigenvalue weighted by molar-refractivity contribution is 8.00. The van der Waals surface area contributed by atoms with Crippen molar-refractivity contribution in [3.63, 3.8) is 0 Å². The Balaban J connectivity index is 1.27. The molecule has 0 bridgehead atoms. The predicted molar refractivity (Wildman–Crippen MR) is 161 cm³/mol. The summed E-state index contributed by atoms with van der Waals surface area (Å²) in [5.41, 5.74) is 0. The normalized spacial score (nSPS) is 11.8. The second-order valence-corrected chi connectivity index (χ2v) is 15.6. The number of sulfone groups is 2. The fourth-order valence-electron chi connectivity index (χ4n) is 3.75. The summed E-state index contributed by atoms with van der Waals surface area (Å²) >= 11 is 14.8. The van der Waals surface area contributed by atoms with Gasteiger partial charge >= 0.3 is 0 Å². The first-order chi connectivity index (χ1) is 19.1. The molecule has 0 unspecified atom stereocenters. The molecule has 0 heterocycles. The quantitative estimate of drug-likeness (QED) is 0.168. The van der Waals surface area contributed by atoms with E-state index >= 15 is 0 Å². The van der Waals surface area contributed by atoms with Crippen LogP contribution in [0.15, 0.2) is 160 Å². The van der Waals surface area contributed by atoms with Gasteiger partial charge in [-0.05, 0) is 115 Å². The molecular formula is C30H20Cl2O4S4. The van der Waals surface area contributed by atoms with E-state index in [9.17, 15) is 16.8 Å². The maximum absolute atomic E-state index is 12.9. The van der Waals surface area contributed by atoms with Crippen molar-refractivity contribution in [3.8, 4) is 0 Å². The smallest absolute Gasteiger partial charge is 0.206 e. The van der Waals surface area contributed by atoms with Crippen LogP contribution in [0.3, 0.4) is 0 Å². The van der Waals surface area contributed by atoms with Gasteiger partial charge in [-0.3, -0.25) is 0 Å². The highest BCUT2D eigenvalue weighted by Gasteiger charge is 2.18. The van der Waals surface area contributed by atoms with Gasteiger partial charge in [0.2, 0.25) is 19.7 Å². The standard InChI is InChI=1S/C30H20Cl2O4S4/c31-21-4-12-27(13-5-21)39(33,34)29-16-8-23(9-17-29)37-25-2-1-3-26(20-25)38-24-10-18-30(19-11-24)40(35,36)28-14-6-22(32)7-15-28/h1-20H. The van der Waals surface area contributed by atoms with E-state index in [0.717, 1.165) is 19.6 Å². The van der Waals surface area contributed by atoms with Gasteiger partial charge in [0.05, 0.1) is 19.6 Å². The van der Waals surface area contributed by atoms with Crippen LogP contribution in [0.5, 0.6) is 0 Å². The van der Waals surface area contributed by atoms with Gasteiger partial charge < -0.3 is 0 Å². The number of hydrogen-bond donors (Lipinski definition) is 0. The van der Waals surface area contributed by atoms with E-state index in [-0.39, 0.29) is 19.6 Å². The van der Waals surface area contributed by atoms with Gasteiger partial charge in [0.15, 0.2) is 0 Å². The lowest BCUT2D eigenvalue weighted by Gasteiger charge is -2.08. The molecule has 5 aromatic carbocycles. The van der Waals surface area contributed by atoms with Crippen LogP contribution in [-0.2, 0) is 19.7 Å². The Bertz CT molecular complexity index is 1720.